The van der Waals surface area contributed by atoms with Crippen LogP contribution in [0.5, 0.6) is 0 Å². The number of alkyl halides is 1. The van der Waals surface area contributed by atoms with Crippen LogP contribution in [0.3, 0.4) is 0 Å². The van der Waals surface area contributed by atoms with Gasteiger partial charge in [0.1, 0.15) is 0 Å². The standard InChI is InChI=1S/C10H21BrN2O/c1-9(14)7-10(12-6-5-11)8-13(2,3)4/h10,12H,1,5-8H2,2-4H3/p+1. The SMILES string of the molecule is C=C(O)CC(C[N+](C)(C)C)NCCBr. The summed E-state index contributed by atoms with van der Waals surface area (Å²) in [5, 5.41) is 13.5. The smallest absolute Gasteiger partial charge is 0.0940 e. The number of quaternary nitrogens is 1. The number of aliphatic hydroxyl groups is 1. The average Bonchev–Trinajstić information content (AvgIpc) is 1.96. The molecule has 0 aliphatic heterocycles. The van der Waals surface area contributed by atoms with Crippen molar-refractivity contribution in [1.29, 1.82) is 0 Å². The summed E-state index contributed by atoms with van der Waals surface area (Å²) in [6.07, 6.45) is 0.627. The lowest BCUT2D eigenvalue weighted by molar-refractivity contribution is -0.871. The lowest BCUT2D eigenvalue weighted by Crippen LogP contribution is -2.47. The van der Waals surface area contributed by atoms with E-state index in [4.69, 9.17) is 5.11 Å². The monoisotopic (exact) mass is 265 g/mol. The van der Waals surface area contributed by atoms with Crippen molar-refractivity contribution in [3.63, 3.8) is 0 Å². The third kappa shape index (κ3) is 8.53. The second kappa shape index (κ2) is 6.43. The Morgan fingerprint density at radius 2 is 2.07 bits per heavy atom. The summed E-state index contributed by atoms with van der Waals surface area (Å²) < 4.78 is 0.882. The Labute approximate surface area is 95.5 Å². The number of rotatable bonds is 7. The highest BCUT2D eigenvalue weighted by molar-refractivity contribution is 9.09. The van der Waals surface area contributed by atoms with E-state index in [2.05, 4.69) is 49.0 Å². The van der Waals surface area contributed by atoms with Gasteiger partial charge in [0, 0.05) is 18.3 Å². The predicted molar refractivity (Wildman–Crippen MR) is 64.9 cm³/mol. The summed E-state index contributed by atoms with van der Waals surface area (Å²) >= 11 is 3.37. The van der Waals surface area contributed by atoms with Gasteiger partial charge in [-0.25, -0.2) is 0 Å². The van der Waals surface area contributed by atoms with Gasteiger partial charge in [0.2, 0.25) is 0 Å². The molecule has 0 aromatic heterocycles. The van der Waals surface area contributed by atoms with Crippen molar-refractivity contribution in [3.05, 3.63) is 12.3 Å². The summed E-state index contributed by atoms with van der Waals surface area (Å²) in [6.45, 7) is 5.42. The lowest BCUT2D eigenvalue weighted by Gasteiger charge is -2.29. The van der Waals surface area contributed by atoms with E-state index in [0.29, 0.717) is 12.5 Å². The van der Waals surface area contributed by atoms with Crippen molar-refractivity contribution >= 4 is 15.9 Å². The van der Waals surface area contributed by atoms with E-state index in [1.807, 2.05) is 0 Å². The molecule has 1 unspecified atom stereocenters. The molecule has 4 heteroatoms. The van der Waals surface area contributed by atoms with Crippen LogP contribution in [0.4, 0.5) is 0 Å². The van der Waals surface area contributed by atoms with E-state index in [1.165, 1.54) is 0 Å². The molecule has 2 N–H and O–H groups in total. The normalized spacial score (nSPS) is 14.0. The van der Waals surface area contributed by atoms with Gasteiger partial charge in [-0.1, -0.05) is 22.5 Å². The van der Waals surface area contributed by atoms with E-state index < -0.39 is 0 Å². The molecule has 1 atom stereocenters. The first-order valence-electron chi connectivity index (χ1n) is 4.81. The first-order chi connectivity index (χ1) is 6.35. The van der Waals surface area contributed by atoms with Crippen molar-refractivity contribution in [3.8, 4) is 0 Å². The average molecular weight is 266 g/mol. The Morgan fingerprint density at radius 3 is 2.43 bits per heavy atom. The molecule has 0 radical (unpaired) electrons. The van der Waals surface area contributed by atoms with Gasteiger partial charge in [-0.3, -0.25) is 0 Å². The van der Waals surface area contributed by atoms with Gasteiger partial charge in [-0.15, -0.1) is 0 Å². The highest BCUT2D eigenvalue weighted by Gasteiger charge is 2.17. The molecule has 0 rings (SSSR count). The Hall–Kier alpha value is -0.0600. The first kappa shape index (κ1) is 13.9. The Balaban J connectivity index is 4.03. The minimum Gasteiger partial charge on any atom is -0.513 e. The largest absolute Gasteiger partial charge is 0.513 e. The molecule has 14 heavy (non-hydrogen) atoms. The van der Waals surface area contributed by atoms with Gasteiger partial charge < -0.3 is 14.9 Å². The summed E-state index contributed by atoms with van der Waals surface area (Å²) in [5.74, 6) is 0.255. The molecule has 0 spiro atoms. The Kier molecular flexibility index (Phi) is 6.40. The van der Waals surface area contributed by atoms with Crippen molar-refractivity contribution < 1.29 is 9.59 Å². The minimum atomic E-state index is 0.255. The molecule has 0 bridgehead atoms. The van der Waals surface area contributed by atoms with Crippen LogP contribution in [0.25, 0.3) is 0 Å². The zero-order valence-corrected chi connectivity index (χ0v) is 11.0. The van der Waals surface area contributed by atoms with Crippen LogP contribution in [0, 0.1) is 0 Å². The van der Waals surface area contributed by atoms with Crippen LogP contribution >= 0.6 is 15.9 Å². The maximum atomic E-state index is 9.17. The third-order valence-corrected chi connectivity index (χ3v) is 2.17. The van der Waals surface area contributed by atoms with E-state index in [0.717, 1.165) is 22.9 Å². The molecule has 0 aliphatic rings. The van der Waals surface area contributed by atoms with Crippen molar-refractivity contribution in [2.24, 2.45) is 0 Å². The van der Waals surface area contributed by atoms with Gasteiger partial charge in [-0.2, -0.15) is 0 Å². The van der Waals surface area contributed by atoms with E-state index >= 15 is 0 Å². The highest BCUT2D eigenvalue weighted by atomic mass is 79.9. The number of likely N-dealkylation sites (N-methyl/N-ethyl adjacent to an activating group) is 1. The third-order valence-electron chi connectivity index (χ3n) is 1.78. The number of hydrogen-bond donors (Lipinski definition) is 2. The van der Waals surface area contributed by atoms with Crippen molar-refractivity contribution in [2.75, 3.05) is 39.6 Å². The summed E-state index contributed by atoms with van der Waals surface area (Å²) in [6, 6.07) is 0.296. The number of halogens is 1. The van der Waals surface area contributed by atoms with Gasteiger partial charge >= 0.3 is 0 Å². The first-order valence-corrected chi connectivity index (χ1v) is 5.94. The molecule has 0 aliphatic carbocycles. The maximum absolute atomic E-state index is 9.17. The predicted octanol–water partition coefficient (Wildman–Crippen LogP) is 1.51. The molecular weight excluding hydrogens is 244 g/mol. The van der Waals surface area contributed by atoms with E-state index in [1.54, 1.807) is 0 Å². The Bertz CT molecular complexity index is 177. The molecule has 0 amide bonds. The van der Waals surface area contributed by atoms with Gasteiger partial charge in [-0.05, 0) is 0 Å². The van der Waals surface area contributed by atoms with E-state index in [9.17, 15) is 0 Å². The van der Waals surface area contributed by atoms with Crippen LogP contribution in [0.15, 0.2) is 12.3 Å². The molecule has 0 aromatic rings. The summed E-state index contributed by atoms with van der Waals surface area (Å²) in [5.41, 5.74) is 0. The molecule has 0 aromatic carbocycles. The van der Waals surface area contributed by atoms with Crippen molar-refractivity contribution in [2.45, 2.75) is 12.5 Å². The number of aliphatic hydroxyl groups excluding tert-OH is 1. The lowest BCUT2D eigenvalue weighted by atomic mass is 10.1. The molecular formula is C10H22BrN2O+. The topological polar surface area (TPSA) is 32.3 Å². The van der Waals surface area contributed by atoms with Crippen LogP contribution < -0.4 is 5.32 Å². The molecule has 0 fully saturated rings. The fraction of sp³-hybridized carbons (Fsp3) is 0.800. The van der Waals surface area contributed by atoms with Crippen molar-refractivity contribution in [1.82, 2.24) is 5.32 Å². The molecule has 0 saturated carbocycles. The number of nitrogens with one attached hydrogen (secondary N) is 1. The van der Waals surface area contributed by atoms with Gasteiger partial charge in [0.25, 0.3) is 0 Å². The molecule has 3 nitrogen and oxygen atoms in total. The fourth-order valence-electron chi connectivity index (χ4n) is 1.41. The van der Waals surface area contributed by atoms with Crippen LogP contribution in [-0.4, -0.2) is 55.2 Å². The van der Waals surface area contributed by atoms with E-state index in [-0.39, 0.29) is 5.76 Å². The second-order valence-electron chi connectivity index (χ2n) is 4.58. The zero-order valence-electron chi connectivity index (χ0n) is 9.39. The van der Waals surface area contributed by atoms with Crippen LogP contribution in [0.2, 0.25) is 0 Å². The van der Waals surface area contributed by atoms with Gasteiger partial charge in [0.15, 0.2) is 0 Å². The number of hydrogen-bond acceptors (Lipinski definition) is 2. The molecule has 84 valence electrons. The molecule has 0 saturated heterocycles. The van der Waals surface area contributed by atoms with Crippen LogP contribution in [0.1, 0.15) is 6.42 Å². The maximum Gasteiger partial charge on any atom is 0.0940 e. The number of nitrogens with zero attached hydrogens (tertiary/aromatic N) is 1. The summed E-state index contributed by atoms with van der Waals surface area (Å²) in [4.78, 5) is 0. The summed E-state index contributed by atoms with van der Waals surface area (Å²) in [7, 11) is 6.43. The highest BCUT2D eigenvalue weighted by Crippen LogP contribution is 2.04. The quantitative estimate of drug-likeness (QED) is 0.416. The second-order valence-corrected chi connectivity index (χ2v) is 5.38. The fourth-order valence-corrected chi connectivity index (χ4v) is 1.63. The Morgan fingerprint density at radius 1 is 1.50 bits per heavy atom. The van der Waals surface area contributed by atoms with Crippen LogP contribution in [-0.2, 0) is 0 Å². The van der Waals surface area contributed by atoms with Gasteiger partial charge in [0.05, 0.1) is 39.5 Å². The minimum absolute atomic E-state index is 0.255. The zero-order chi connectivity index (χ0) is 11.2. The molecule has 0 heterocycles.